The van der Waals surface area contributed by atoms with Crippen LogP contribution in [0.15, 0.2) is 9.31 Å². The SMILES string of the molecule is Cc1oc(C)c(S(N)(=O)=O)c1C(=O)NC[C@@H]1CCCO1. The average molecular weight is 302 g/mol. The highest BCUT2D eigenvalue weighted by Crippen LogP contribution is 2.25. The van der Waals surface area contributed by atoms with Crippen molar-refractivity contribution in [3.05, 3.63) is 17.1 Å². The van der Waals surface area contributed by atoms with Gasteiger partial charge in [0.15, 0.2) is 0 Å². The second-order valence-corrected chi connectivity index (χ2v) is 6.31. The molecule has 1 fully saturated rings. The molecule has 1 atom stereocenters. The van der Waals surface area contributed by atoms with E-state index in [0.29, 0.717) is 13.2 Å². The van der Waals surface area contributed by atoms with Gasteiger partial charge < -0.3 is 14.5 Å². The van der Waals surface area contributed by atoms with Crippen LogP contribution in [0.1, 0.15) is 34.7 Å². The standard InChI is InChI=1S/C12H18N2O5S/c1-7-10(11(8(2)19-7)20(13,16)17)12(15)14-6-9-4-3-5-18-9/h9H,3-6H2,1-2H3,(H,14,15)(H2,13,16,17)/t9-/m0/s1. The molecule has 8 heteroatoms. The van der Waals surface area contributed by atoms with E-state index in [1.54, 1.807) is 0 Å². The molecule has 1 aliphatic rings. The zero-order valence-electron chi connectivity index (χ0n) is 11.4. The van der Waals surface area contributed by atoms with Gasteiger partial charge in [-0.2, -0.15) is 0 Å². The van der Waals surface area contributed by atoms with Crippen LogP contribution < -0.4 is 10.5 Å². The quantitative estimate of drug-likeness (QED) is 0.839. The first-order chi connectivity index (χ1) is 9.30. The van der Waals surface area contributed by atoms with Crippen LogP contribution in [-0.4, -0.2) is 33.6 Å². The number of rotatable bonds is 4. The molecular formula is C12H18N2O5S. The number of nitrogens with one attached hydrogen (secondary N) is 1. The van der Waals surface area contributed by atoms with Crippen LogP contribution in [-0.2, 0) is 14.8 Å². The van der Waals surface area contributed by atoms with Crippen molar-refractivity contribution in [1.82, 2.24) is 5.32 Å². The number of primary sulfonamides is 1. The largest absolute Gasteiger partial charge is 0.464 e. The van der Waals surface area contributed by atoms with Crippen molar-refractivity contribution in [1.29, 1.82) is 0 Å². The summed E-state index contributed by atoms with van der Waals surface area (Å²) in [5, 5.41) is 7.80. The van der Waals surface area contributed by atoms with Gasteiger partial charge in [-0.3, -0.25) is 4.79 Å². The minimum Gasteiger partial charge on any atom is -0.464 e. The highest BCUT2D eigenvalue weighted by atomic mass is 32.2. The molecule has 0 spiro atoms. The number of carbonyl (C=O) groups is 1. The third kappa shape index (κ3) is 3.02. The van der Waals surface area contributed by atoms with E-state index < -0.39 is 15.9 Å². The molecule has 1 aromatic rings. The number of sulfonamides is 1. The van der Waals surface area contributed by atoms with Crippen molar-refractivity contribution in [2.24, 2.45) is 5.14 Å². The smallest absolute Gasteiger partial charge is 0.256 e. The fourth-order valence-corrected chi connectivity index (χ4v) is 3.33. The first-order valence-corrected chi connectivity index (χ1v) is 7.88. The van der Waals surface area contributed by atoms with Gasteiger partial charge in [-0.25, -0.2) is 13.6 Å². The number of hydrogen-bond donors (Lipinski definition) is 2. The molecular weight excluding hydrogens is 284 g/mol. The van der Waals surface area contributed by atoms with Gasteiger partial charge in [0.05, 0.1) is 6.10 Å². The molecule has 1 saturated heterocycles. The molecule has 112 valence electrons. The minimum absolute atomic E-state index is 0.0230. The number of aryl methyl sites for hydroxylation is 2. The molecule has 0 unspecified atom stereocenters. The van der Waals surface area contributed by atoms with Crippen molar-refractivity contribution < 1.29 is 22.4 Å². The van der Waals surface area contributed by atoms with Gasteiger partial charge in [0.25, 0.3) is 5.91 Å². The third-order valence-corrected chi connectivity index (χ3v) is 4.29. The van der Waals surface area contributed by atoms with Gasteiger partial charge in [0, 0.05) is 13.2 Å². The molecule has 0 aromatic carbocycles. The highest BCUT2D eigenvalue weighted by Gasteiger charge is 2.29. The lowest BCUT2D eigenvalue weighted by molar-refractivity contribution is 0.0854. The molecule has 1 aromatic heterocycles. The Hall–Kier alpha value is -1.38. The molecule has 20 heavy (non-hydrogen) atoms. The summed E-state index contributed by atoms with van der Waals surface area (Å²) >= 11 is 0. The first kappa shape index (κ1) is 15.0. The Morgan fingerprint density at radius 1 is 1.40 bits per heavy atom. The van der Waals surface area contributed by atoms with Gasteiger partial charge in [-0.05, 0) is 26.7 Å². The molecule has 2 rings (SSSR count). The Balaban J connectivity index is 2.21. The molecule has 2 heterocycles. The maximum absolute atomic E-state index is 12.2. The van der Waals surface area contributed by atoms with E-state index in [4.69, 9.17) is 14.3 Å². The van der Waals surface area contributed by atoms with E-state index in [0.717, 1.165) is 12.8 Å². The molecule has 0 aliphatic carbocycles. The van der Waals surface area contributed by atoms with Crippen LogP contribution in [0.3, 0.4) is 0 Å². The van der Waals surface area contributed by atoms with Crippen LogP contribution in [0.5, 0.6) is 0 Å². The van der Waals surface area contributed by atoms with Crippen LogP contribution in [0.4, 0.5) is 0 Å². The predicted molar refractivity (Wildman–Crippen MR) is 70.9 cm³/mol. The van der Waals surface area contributed by atoms with Crippen LogP contribution in [0, 0.1) is 13.8 Å². The average Bonchev–Trinajstić information content (AvgIpc) is 2.92. The molecule has 0 bridgehead atoms. The Morgan fingerprint density at radius 3 is 2.65 bits per heavy atom. The zero-order valence-corrected chi connectivity index (χ0v) is 12.2. The Bertz CT molecular complexity index is 614. The van der Waals surface area contributed by atoms with E-state index in [-0.39, 0.29) is 28.1 Å². The van der Waals surface area contributed by atoms with Gasteiger partial charge in [-0.1, -0.05) is 0 Å². The number of furan rings is 1. The van der Waals surface area contributed by atoms with Gasteiger partial charge >= 0.3 is 0 Å². The maximum Gasteiger partial charge on any atom is 0.256 e. The minimum atomic E-state index is -4.01. The summed E-state index contributed by atoms with van der Waals surface area (Å²) < 4.78 is 33.7. The number of hydrogen-bond acceptors (Lipinski definition) is 5. The lowest BCUT2D eigenvalue weighted by atomic mass is 10.2. The molecule has 7 nitrogen and oxygen atoms in total. The van der Waals surface area contributed by atoms with Crippen LogP contribution in [0.25, 0.3) is 0 Å². The van der Waals surface area contributed by atoms with Crippen molar-refractivity contribution in [3.63, 3.8) is 0 Å². The van der Waals surface area contributed by atoms with E-state index >= 15 is 0 Å². The van der Waals surface area contributed by atoms with Gasteiger partial charge in [0.1, 0.15) is 22.0 Å². The monoisotopic (exact) mass is 302 g/mol. The Morgan fingerprint density at radius 2 is 2.10 bits per heavy atom. The van der Waals surface area contributed by atoms with E-state index in [1.807, 2.05) is 0 Å². The van der Waals surface area contributed by atoms with Crippen LogP contribution >= 0.6 is 0 Å². The number of nitrogens with two attached hydrogens (primary N) is 1. The third-order valence-electron chi connectivity index (χ3n) is 3.23. The molecule has 1 amide bonds. The Labute approximate surface area is 117 Å². The second kappa shape index (κ2) is 5.55. The first-order valence-electron chi connectivity index (χ1n) is 6.33. The lowest BCUT2D eigenvalue weighted by Crippen LogP contribution is -2.33. The zero-order chi connectivity index (χ0) is 14.9. The van der Waals surface area contributed by atoms with Crippen molar-refractivity contribution in [3.8, 4) is 0 Å². The van der Waals surface area contributed by atoms with Crippen molar-refractivity contribution >= 4 is 15.9 Å². The topological polar surface area (TPSA) is 112 Å². The lowest BCUT2D eigenvalue weighted by Gasteiger charge is -2.11. The summed E-state index contributed by atoms with van der Waals surface area (Å²) in [6.07, 6.45) is 1.82. The van der Waals surface area contributed by atoms with Crippen molar-refractivity contribution in [2.45, 2.75) is 37.7 Å². The molecule has 0 radical (unpaired) electrons. The van der Waals surface area contributed by atoms with Gasteiger partial charge in [-0.15, -0.1) is 0 Å². The van der Waals surface area contributed by atoms with E-state index in [1.165, 1.54) is 13.8 Å². The number of carbonyl (C=O) groups excluding carboxylic acids is 1. The van der Waals surface area contributed by atoms with E-state index in [2.05, 4.69) is 5.32 Å². The van der Waals surface area contributed by atoms with Gasteiger partial charge in [0.2, 0.25) is 10.0 Å². The normalized spacial score (nSPS) is 19.2. The predicted octanol–water partition coefficient (Wildman–Crippen LogP) is 0.453. The van der Waals surface area contributed by atoms with E-state index in [9.17, 15) is 13.2 Å². The number of amides is 1. The Kier molecular flexibility index (Phi) is 4.17. The molecule has 3 N–H and O–H groups in total. The summed E-state index contributed by atoms with van der Waals surface area (Å²) in [7, 11) is -4.01. The van der Waals surface area contributed by atoms with Crippen molar-refractivity contribution in [2.75, 3.05) is 13.2 Å². The second-order valence-electron chi connectivity index (χ2n) is 4.81. The molecule has 0 saturated carbocycles. The number of ether oxygens (including phenoxy) is 1. The maximum atomic E-state index is 12.2. The van der Waals surface area contributed by atoms with Crippen LogP contribution in [0.2, 0.25) is 0 Å². The summed E-state index contributed by atoms with van der Waals surface area (Å²) in [6, 6.07) is 0. The summed E-state index contributed by atoms with van der Waals surface area (Å²) in [6.45, 7) is 4.02. The fraction of sp³-hybridized carbons (Fsp3) is 0.583. The summed E-state index contributed by atoms with van der Waals surface area (Å²) in [5.41, 5.74) is -0.0250. The summed E-state index contributed by atoms with van der Waals surface area (Å²) in [5.74, 6) is -0.164. The summed E-state index contributed by atoms with van der Waals surface area (Å²) in [4.78, 5) is 11.9. The highest BCUT2D eigenvalue weighted by molar-refractivity contribution is 7.89. The molecule has 1 aliphatic heterocycles. The fourth-order valence-electron chi connectivity index (χ4n) is 2.37.